The Balaban J connectivity index is 1.87. The first-order valence-electron chi connectivity index (χ1n) is 12.2. The molecule has 210 valence electrons. The fourth-order valence-corrected chi connectivity index (χ4v) is 4.70. The van der Waals surface area contributed by atoms with Crippen molar-refractivity contribution < 1.29 is 19.4 Å². The van der Waals surface area contributed by atoms with Gasteiger partial charge in [0.2, 0.25) is 12.4 Å². The van der Waals surface area contributed by atoms with E-state index in [1.807, 2.05) is 0 Å². The van der Waals surface area contributed by atoms with Crippen molar-refractivity contribution in [1.82, 2.24) is 19.5 Å². The number of fused-ring (bicyclic) bond motifs is 1. The van der Waals surface area contributed by atoms with Gasteiger partial charge in [-0.05, 0) is 32.0 Å². The summed E-state index contributed by atoms with van der Waals surface area (Å²) < 4.78 is 12.3. The Kier molecular flexibility index (Phi) is 8.77. The third kappa shape index (κ3) is 6.27. The van der Waals surface area contributed by atoms with Gasteiger partial charge in [-0.3, -0.25) is 19.1 Å². The lowest BCUT2D eigenvalue weighted by atomic mass is 10.0. The van der Waals surface area contributed by atoms with Crippen molar-refractivity contribution in [1.29, 1.82) is 0 Å². The van der Waals surface area contributed by atoms with E-state index in [9.17, 15) is 14.7 Å². The van der Waals surface area contributed by atoms with E-state index in [1.54, 1.807) is 44.3 Å². The highest BCUT2D eigenvalue weighted by atomic mass is 35.5. The van der Waals surface area contributed by atoms with Crippen LogP contribution in [-0.2, 0) is 17.8 Å². The molecule has 0 bridgehead atoms. The molecule has 0 fully saturated rings. The van der Waals surface area contributed by atoms with Crippen molar-refractivity contribution in [2.75, 3.05) is 31.4 Å². The summed E-state index contributed by atoms with van der Waals surface area (Å²) in [7, 11) is 2.91. The summed E-state index contributed by atoms with van der Waals surface area (Å²) in [5, 5.41) is 16.5. The molecule has 0 aliphatic rings. The molecule has 0 unspecified atom stereocenters. The van der Waals surface area contributed by atoms with Crippen LogP contribution in [-0.4, -0.2) is 57.4 Å². The molecule has 1 aromatic carbocycles. The van der Waals surface area contributed by atoms with Gasteiger partial charge in [0.25, 0.3) is 5.56 Å². The van der Waals surface area contributed by atoms with Gasteiger partial charge in [0.05, 0.1) is 47.3 Å². The number of aliphatic hydroxyl groups is 1. The van der Waals surface area contributed by atoms with E-state index in [4.69, 9.17) is 32.7 Å². The van der Waals surface area contributed by atoms with Crippen LogP contribution in [0.2, 0.25) is 10.0 Å². The molecule has 1 amide bonds. The van der Waals surface area contributed by atoms with Crippen molar-refractivity contribution >= 4 is 52.3 Å². The maximum Gasteiger partial charge on any atom is 0.260 e. The quantitative estimate of drug-likeness (QED) is 0.221. The number of rotatable bonds is 11. The molecule has 0 spiro atoms. The number of aromatic nitrogens is 4. The Labute approximate surface area is 240 Å². The third-order valence-electron chi connectivity index (χ3n) is 5.99. The number of nitrogens with zero attached hydrogens (tertiary/aromatic N) is 4. The van der Waals surface area contributed by atoms with Gasteiger partial charge in [0.1, 0.15) is 17.1 Å². The standard InChI is InChI=1S/C27H28Cl2N6O5/c1-27(2,38)13-32-26-31-11-15-9-18(21-22(28)19(39-3)10-20(40-4)23(21)29)25(37)35(24(15)34-26)8-7-16-5-6-17(12-30-16)33-14-36/h5-6,9-12,14,38H,7-8,13H2,1-4H3,(H,33,36)(H,31,32,34). The van der Waals surface area contributed by atoms with Gasteiger partial charge in [0, 0.05) is 48.4 Å². The number of methoxy groups -OCH3 is 2. The predicted octanol–water partition coefficient (Wildman–Crippen LogP) is 4.17. The molecule has 0 radical (unpaired) electrons. The number of aryl methyl sites for hydroxylation is 2. The monoisotopic (exact) mass is 586 g/mol. The van der Waals surface area contributed by atoms with Gasteiger partial charge < -0.3 is 25.2 Å². The summed E-state index contributed by atoms with van der Waals surface area (Å²) in [6.07, 6.45) is 4.05. The van der Waals surface area contributed by atoms with Gasteiger partial charge in [-0.15, -0.1) is 0 Å². The second-order valence-electron chi connectivity index (χ2n) is 9.49. The maximum absolute atomic E-state index is 14.1. The molecule has 3 heterocycles. The van der Waals surface area contributed by atoms with E-state index in [0.29, 0.717) is 46.7 Å². The molecule has 0 atom stereocenters. The van der Waals surface area contributed by atoms with Gasteiger partial charge in [-0.2, -0.15) is 4.98 Å². The average Bonchev–Trinajstić information content (AvgIpc) is 2.92. The Morgan fingerprint density at radius 3 is 2.35 bits per heavy atom. The normalized spacial score (nSPS) is 11.4. The number of benzene rings is 1. The van der Waals surface area contributed by atoms with Crippen LogP contribution in [0.25, 0.3) is 22.2 Å². The lowest BCUT2D eigenvalue weighted by molar-refractivity contribution is -0.105. The number of hydrogen-bond acceptors (Lipinski definition) is 9. The number of halogens is 2. The lowest BCUT2D eigenvalue weighted by Crippen LogP contribution is -2.30. The van der Waals surface area contributed by atoms with E-state index in [0.717, 1.165) is 0 Å². The minimum absolute atomic E-state index is 0.153. The van der Waals surface area contributed by atoms with Crippen LogP contribution in [0.3, 0.4) is 0 Å². The zero-order valence-corrected chi connectivity index (χ0v) is 23.8. The number of amides is 1. The van der Waals surface area contributed by atoms with Crippen LogP contribution < -0.4 is 25.7 Å². The number of carbonyl (C=O) groups excluding carboxylic acids is 1. The third-order valence-corrected chi connectivity index (χ3v) is 6.74. The molecule has 4 rings (SSSR count). The van der Waals surface area contributed by atoms with Gasteiger partial charge in [-0.1, -0.05) is 23.2 Å². The van der Waals surface area contributed by atoms with Crippen molar-refractivity contribution in [3.63, 3.8) is 0 Å². The first-order valence-corrected chi connectivity index (χ1v) is 12.9. The minimum atomic E-state index is -1.00. The molecule has 4 aromatic rings. The fraction of sp³-hybridized carbons (Fsp3) is 0.296. The lowest BCUT2D eigenvalue weighted by Gasteiger charge is -2.19. The molecule has 40 heavy (non-hydrogen) atoms. The highest BCUT2D eigenvalue weighted by Gasteiger charge is 2.23. The second-order valence-corrected chi connectivity index (χ2v) is 10.2. The smallest absolute Gasteiger partial charge is 0.260 e. The number of nitrogens with one attached hydrogen (secondary N) is 2. The molecule has 0 saturated heterocycles. The topological polar surface area (TPSA) is 140 Å². The van der Waals surface area contributed by atoms with Crippen LogP contribution in [0.1, 0.15) is 19.5 Å². The van der Waals surface area contributed by atoms with E-state index in [-0.39, 0.29) is 40.2 Å². The molecule has 11 nitrogen and oxygen atoms in total. The largest absolute Gasteiger partial charge is 0.495 e. The van der Waals surface area contributed by atoms with E-state index in [2.05, 4.69) is 25.6 Å². The minimum Gasteiger partial charge on any atom is -0.495 e. The second kappa shape index (κ2) is 12.1. The van der Waals surface area contributed by atoms with E-state index in [1.165, 1.54) is 25.0 Å². The predicted molar refractivity (Wildman–Crippen MR) is 155 cm³/mol. The van der Waals surface area contributed by atoms with Crippen molar-refractivity contribution in [3.8, 4) is 22.6 Å². The molecule has 0 aliphatic heterocycles. The fourth-order valence-electron chi connectivity index (χ4n) is 4.00. The number of anilines is 2. The number of carbonyl (C=O) groups is 1. The number of ether oxygens (including phenoxy) is 2. The summed E-state index contributed by atoms with van der Waals surface area (Å²) in [6, 6.07) is 6.65. The molecule has 0 saturated carbocycles. The summed E-state index contributed by atoms with van der Waals surface area (Å²) in [4.78, 5) is 38.1. The molecule has 13 heteroatoms. The van der Waals surface area contributed by atoms with Gasteiger partial charge in [-0.25, -0.2) is 4.98 Å². The van der Waals surface area contributed by atoms with Gasteiger partial charge >= 0.3 is 0 Å². The first-order chi connectivity index (χ1) is 19.1. The van der Waals surface area contributed by atoms with Crippen molar-refractivity contribution in [2.45, 2.75) is 32.4 Å². The first kappa shape index (κ1) is 29.1. The van der Waals surface area contributed by atoms with Crippen LogP contribution >= 0.6 is 23.2 Å². The Morgan fingerprint density at radius 1 is 1.07 bits per heavy atom. The Hall–Kier alpha value is -3.93. The average molecular weight is 587 g/mol. The molecule has 3 N–H and O–H groups in total. The zero-order chi connectivity index (χ0) is 29.0. The summed E-state index contributed by atoms with van der Waals surface area (Å²) in [5.41, 5.74) is 0.662. The summed E-state index contributed by atoms with van der Waals surface area (Å²) in [6.45, 7) is 3.71. The summed E-state index contributed by atoms with van der Waals surface area (Å²) >= 11 is 13.3. The van der Waals surface area contributed by atoms with Crippen molar-refractivity contribution in [2.24, 2.45) is 0 Å². The van der Waals surface area contributed by atoms with E-state index < -0.39 is 11.2 Å². The molecule has 0 aliphatic carbocycles. The van der Waals surface area contributed by atoms with Crippen molar-refractivity contribution in [3.05, 3.63) is 62.8 Å². The van der Waals surface area contributed by atoms with Crippen LogP contribution in [0.5, 0.6) is 11.5 Å². The highest BCUT2D eigenvalue weighted by Crippen LogP contribution is 2.45. The number of hydrogen-bond donors (Lipinski definition) is 3. The number of pyridine rings is 2. The molecular formula is C27H28Cl2N6O5. The zero-order valence-electron chi connectivity index (χ0n) is 22.3. The van der Waals surface area contributed by atoms with Crippen LogP contribution in [0, 0.1) is 0 Å². The highest BCUT2D eigenvalue weighted by molar-refractivity contribution is 6.41. The Bertz CT molecular complexity index is 1570. The molecular weight excluding hydrogens is 559 g/mol. The maximum atomic E-state index is 14.1. The van der Waals surface area contributed by atoms with Crippen LogP contribution in [0.4, 0.5) is 11.6 Å². The molecule has 3 aromatic heterocycles. The SMILES string of the molecule is COc1cc(OC)c(Cl)c(-c2cc3cnc(NCC(C)(C)O)nc3n(CCc3ccc(NC=O)cn3)c2=O)c1Cl. The Morgan fingerprint density at radius 2 is 1.77 bits per heavy atom. The summed E-state index contributed by atoms with van der Waals surface area (Å²) in [5.74, 6) is 0.830. The van der Waals surface area contributed by atoms with E-state index >= 15 is 0 Å². The van der Waals surface area contributed by atoms with Crippen LogP contribution in [0.15, 0.2) is 41.5 Å². The van der Waals surface area contributed by atoms with Gasteiger partial charge in [0.15, 0.2) is 0 Å².